The van der Waals surface area contributed by atoms with Crippen LogP contribution in [0.15, 0.2) is 47.6 Å². The molecule has 0 heterocycles. The van der Waals surface area contributed by atoms with Gasteiger partial charge in [0.25, 0.3) is 5.91 Å². The van der Waals surface area contributed by atoms with E-state index in [1.807, 2.05) is 0 Å². The van der Waals surface area contributed by atoms with Gasteiger partial charge < -0.3 is 4.74 Å². The molecule has 0 saturated carbocycles. The van der Waals surface area contributed by atoms with Gasteiger partial charge in [0, 0.05) is 11.6 Å². The van der Waals surface area contributed by atoms with Crippen LogP contribution in [0.1, 0.15) is 5.56 Å². The predicted octanol–water partition coefficient (Wildman–Crippen LogP) is 3.43. The van der Waals surface area contributed by atoms with Gasteiger partial charge in [-0.1, -0.05) is 41.4 Å². The number of benzene rings is 2. The smallest absolute Gasteiger partial charge is 0.310 e. The standard InChI is InChI=1S/C15H11Cl2N3O4/c16-11-4-3-5-12(17)10(11)8-18-19-15(21)9-24-14-7-2-1-6-13(14)20(22)23/h1-8H,9H2,(H,19,21). The summed E-state index contributed by atoms with van der Waals surface area (Å²) in [4.78, 5) is 21.9. The van der Waals surface area contributed by atoms with Gasteiger partial charge in [0.15, 0.2) is 12.4 Å². The highest BCUT2D eigenvalue weighted by atomic mass is 35.5. The lowest BCUT2D eigenvalue weighted by atomic mass is 10.2. The van der Waals surface area contributed by atoms with Gasteiger partial charge in [0.1, 0.15) is 0 Å². The molecule has 2 rings (SSSR count). The number of halogens is 2. The van der Waals surface area contributed by atoms with E-state index >= 15 is 0 Å². The number of hydrogen-bond donors (Lipinski definition) is 1. The van der Waals surface area contributed by atoms with E-state index in [4.69, 9.17) is 27.9 Å². The van der Waals surface area contributed by atoms with E-state index in [9.17, 15) is 14.9 Å². The van der Waals surface area contributed by atoms with Crippen molar-refractivity contribution < 1.29 is 14.5 Å². The minimum Gasteiger partial charge on any atom is -0.477 e. The van der Waals surface area contributed by atoms with Gasteiger partial charge in [-0.2, -0.15) is 5.10 Å². The van der Waals surface area contributed by atoms with Gasteiger partial charge in [0.2, 0.25) is 0 Å². The lowest BCUT2D eigenvalue weighted by molar-refractivity contribution is -0.385. The van der Waals surface area contributed by atoms with E-state index in [2.05, 4.69) is 10.5 Å². The number of nitro benzene ring substituents is 1. The molecule has 0 spiro atoms. The van der Waals surface area contributed by atoms with Gasteiger partial charge in [0.05, 0.1) is 21.2 Å². The number of hydrazone groups is 1. The van der Waals surface area contributed by atoms with Crippen molar-refractivity contribution >= 4 is 41.0 Å². The van der Waals surface area contributed by atoms with Crippen LogP contribution in [0.2, 0.25) is 10.0 Å². The molecule has 0 atom stereocenters. The van der Waals surface area contributed by atoms with Crippen molar-refractivity contribution in [2.24, 2.45) is 5.10 Å². The van der Waals surface area contributed by atoms with Crippen molar-refractivity contribution in [1.82, 2.24) is 5.43 Å². The van der Waals surface area contributed by atoms with Crippen molar-refractivity contribution in [2.75, 3.05) is 6.61 Å². The molecule has 0 radical (unpaired) electrons. The summed E-state index contributed by atoms with van der Waals surface area (Å²) in [5.41, 5.74) is 2.46. The molecule has 0 aromatic heterocycles. The Morgan fingerprint density at radius 1 is 1.21 bits per heavy atom. The number of ether oxygens (including phenoxy) is 1. The van der Waals surface area contributed by atoms with Crippen LogP contribution in [0, 0.1) is 10.1 Å². The fourth-order valence-electron chi connectivity index (χ4n) is 1.71. The topological polar surface area (TPSA) is 93.8 Å². The highest BCUT2D eigenvalue weighted by Crippen LogP contribution is 2.25. The number of nitrogens with one attached hydrogen (secondary N) is 1. The summed E-state index contributed by atoms with van der Waals surface area (Å²) in [6, 6.07) is 10.7. The number of amides is 1. The fraction of sp³-hybridized carbons (Fsp3) is 0.0667. The molecular weight excluding hydrogens is 357 g/mol. The normalized spacial score (nSPS) is 10.6. The average molecular weight is 368 g/mol. The molecule has 1 amide bonds. The third-order valence-corrected chi connectivity index (χ3v) is 3.46. The van der Waals surface area contributed by atoms with E-state index in [1.54, 1.807) is 24.3 Å². The molecule has 0 unspecified atom stereocenters. The van der Waals surface area contributed by atoms with Crippen LogP contribution in [0.3, 0.4) is 0 Å². The summed E-state index contributed by atoms with van der Waals surface area (Å²) in [5, 5.41) is 15.3. The Kier molecular flexibility index (Phi) is 6.11. The zero-order chi connectivity index (χ0) is 17.5. The van der Waals surface area contributed by atoms with Gasteiger partial charge in [-0.15, -0.1) is 0 Å². The summed E-state index contributed by atoms with van der Waals surface area (Å²) in [6.07, 6.45) is 1.30. The van der Waals surface area contributed by atoms with Crippen molar-refractivity contribution in [3.63, 3.8) is 0 Å². The summed E-state index contributed by atoms with van der Waals surface area (Å²) >= 11 is 11.9. The van der Waals surface area contributed by atoms with Crippen LogP contribution in [0.25, 0.3) is 0 Å². The van der Waals surface area contributed by atoms with Crippen molar-refractivity contribution in [3.8, 4) is 5.75 Å². The van der Waals surface area contributed by atoms with Gasteiger partial charge in [-0.05, 0) is 18.2 Å². The Hall–Kier alpha value is -2.64. The van der Waals surface area contributed by atoms with Crippen molar-refractivity contribution in [1.29, 1.82) is 0 Å². The highest BCUT2D eigenvalue weighted by Gasteiger charge is 2.14. The molecule has 0 aliphatic heterocycles. The van der Waals surface area contributed by atoms with Crippen LogP contribution in [-0.4, -0.2) is 23.7 Å². The summed E-state index contributed by atoms with van der Waals surface area (Å²) in [5.74, 6) is -0.594. The van der Waals surface area contributed by atoms with E-state index in [0.29, 0.717) is 15.6 Å². The SMILES string of the molecule is O=C(COc1ccccc1[N+](=O)[O-])NN=Cc1c(Cl)cccc1Cl. The minimum absolute atomic E-state index is 0.00391. The van der Waals surface area contributed by atoms with Crippen molar-refractivity contribution in [2.45, 2.75) is 0 Å². The zero-order valence-electron chi connectivity index (χ0n) is 12.1. The van der Waals surface area contributed by atoms with Gasteiger partial charge >= 0.3 is 5.69 Å². The minimum atomic E-state index is -0.592. The van der Waals surface area contributed by atoms with Crippen LogP contribution in [-0.2, 0) is 4.79 Å². The largest absolute Gasteiger partial charge is 0.477 e. The van der Waals surface area contributed by atoms with Crippen LogP contribution in [0.5, 0.6) is 5.75 Å². The number of hydrogen-bond acceptors (Lipinski definition) is 5. The summed E-state index contributed by atoms with van der Waals surface area (Å²) in [7, 11) is 0. The molecule has 7 nitrogen and oxygen atoms in total. The lowest BCUT2D eigenvalue weighted by Gasteiger charge is -2.05. The van der Waals surface area contributed by atoms with Crippen LogP contribution < -0.4 is 10.2 Å². The third-order valence-electron chi connectivity index (χ3n) is 2.80. The first-order valence-corrected chi connectivity index (χ1v) is 7.36. The zero-order valence-corrected chi connectivity index (χ0v) is 13.6. The highest BCUT2D eigenvalue weighted by molar-refractivity contribution is 6.38. The maximum atomic E-state index is 11.7. The quantitative estimate of drug-likeness (QED) is 0.480. The van der Waals surface area contributed by atoms with E-state index < -0.39 is 17.4 Å². The number of nitro groups is 1. The Balaban J connectivity index is 1.93. The predicted molar refractivity (Wildman–Crippen MR) is 90.8 cm³/mol. The Labute approximate surface area is 147 Å². The number of carbonyl (C=O) groups excluding carboxylic acids is 1. The summed E-state index contributed by atoms with van der Waals surface area (Å²) in [6.45, 7) is -0.432. The molecule has 0 aliphatic rings. The number of rotatable bonds is 6. The van der Waals surface area contributed by atoms with Crippen molar-refractivity contribution in [3.05, 3.63) is 68.2 Å². The molecule has 0 aliphatic carbocycles. The molecule has 0 bridgehead atoms. The average Bonchev–Trinajstić information content (AvgIpc) is 2.56. The maximum absolute atomic E-state index is 11.7. The third kappa shape index (κ3) is 4.68. The molecule has 0 fully saturated rings. The van der Waals surface area contributed by atoms with E-state index in [0.717, 1.165) is 0 Å². The van der Waals surface area contributed by atoms with Gasteiger partial charge in [-0.3, -0.25) is 14.9 Å². The number of para-hydroxylation sites is 2. The first-order valence-electron chi connectivity index (χ1n) is 6.61. The van der Waals surface area contributed by atoms with Crippen LogP contribution >= 0.6 is 23.2 Å². The first-order chi connectivity index (χ1) is 11.5. The first kappa shape index (κ1) is 17.7. The molecule has 124 valence electrons. The lowest BCUT2D eigenvalue weighted by Crippen LogP contribution is -2.24. The summed E-state index contributed by atoms with van der Waals surface area (Å²) < 4.78 is 5.13. The monoisotopic (exact) mass is 367 g/mol. The Bertz CT molecular complexity index is 776. The second-order valence-electron chi connectivity index (χ2n) is 4.44. The van der Waals surface area contributed by atoms with Gasteiger partial charge in [-0.25, -0.2) is 5.43 Å². The molecule has 9 heteroatoms. The second-order valence-corrected chi connectivity index (χ2v) is 5.26. The van der Waals surface area contributed by atoms with Crippen LogP contribution in [0.4, 0.5) is 5.69 Å². The molecule has 24 heavy (non-hydrogen) atoms. The number of nitrogens with zero attached hydrogens (tertiary/aromatic N) is 2. The Morgan fingerprint density at radius 2 is 1.88 bits per heavy atom. The van der Waals surface area contributed by atoms with E-state index in [-0.39, 0.29) is 11.4 Å². The second kappa shape index (κ2) is 8.28. The fourth-order valence-corrected chi connectivity index (χ4v) is 2.20. The molecule has 2 aromatic carbocycles. The van der Waals surface area contributed by atoms with E-state index in [1.165, 1.54) is 24.4 Å². The molecule has 1 N–H and O–H groups in total. The Morgan fingerprint density at radius 3 is 2.54 bits per heavy atom. The molecule has 2 aromatic rings. The maximum Gasteiger partial charge on any atom is 0.310 e. The molecule has 0 saturated heterocycles. The number of carbonyl (C=O) groups is 1. The molecular formula is C15H11Cl2N3O4.